The van der Waals surface area contributed by atoms with Crippen LogP contribution < -0.4 is 9.04 Å². The molecular weight excluding hydrogens is 394 g/mol. The Bertz CT molecular complexity index is 820. The van der Waals surface area contributed by atoms with Crippen molar-refractivity contribution < 1.29 is 14.6 Å². The molecule has 0 amide bonds. The monoisotopic (exact) mass is 427 g/mol. The number of anilines is 1. The lowest BCUT2D eigenvalue weighted by molar-refractivity contribution is -0.00306. The SMILES string of the molecule is CCc1ccc2c(c1)CC[C@@H](C)N2Sc1ccc(O[C@H](CO)C2CCOCC2)cc1. The van der Waals surface area contributed by atoms with Gasteiger partial charge in [-0.15, -0.1) is 0 Å². The molecule has 1 saturated heterocycles. The minimum atomic E-state index is -0.158. The van der Waals surface area contributed by atoms with Gasteiger partial charge in [0, 0.05) is 30.1 Å². The summed E-state index contributed by atoms with van der Waals surface area (Å²) in [6, 6.07) is 15.7. The van der Waals surface area contributed by atoms with E-state index in [1.54, 1.807) is 11.9 Å². The van der Waals surface area contributed by atoms with E-state index >= 15 is 0 Å². The highest BCUT2D eigenvalue weighted by molar-refractivity contribution is 8.00. The molecule has 30 heavy (non-hydrogen) atoms. The lowest BCUT2D eigenvalue weighted by atomic mass is 9.94. The molecule has 0 saturated carbocycles. The molecule has 5 heteroatoms. The summed E-state index contributed by atoms with van der Waals surface area (Å²) in [6.45, 7) is 6.08. The Hall–Kier alpha value is -1.69. The van der Waals surface area contributed by atoms with Crippen LogP contribution in [-0.4, -0.2) is 37.1 Å². The van der Waals surface area contributed by atoms with E-state index in [1.807, 2.05) is 12.1 Å². The maximum atomic E-state index is 9.79. The third-order valence-corrected chi connectivity index (χ3v) is 7.54. The maximum Gasteiger partial charge on any atom is 0.125 e. The largest absolute Gasteiger partial charge is 0.488 e. The molecule has 2 aliphatic heterocycles. The van der Waals surface area contributed by atoms with Gasteiger partial charge >= 0.3 is 0 Å². The molecule has 0 spiro atoms. The van der Waals surface area contributed by atoms with Gasteiger partial charge in [0.05, 0.1) is 12.3 Å². The van der Waals surface area contributed by atoms with E-state index in [0.29, 0.717) is 12.0 Å². The third kappa shape index (κ3) is 4.96. The molecule has 2 heterocycles. The van der Waals surface area contributed by atoms with Crippen LogP contribution in [0.1, 0.15) is 44.2 Å². The van der Waals surface area contributed by atoms with Crippen molar-refractivity contribution in [3.05, 3.63) is 53.6 Å². The van der Waals surface area contributed by atoms with Gasteiger partial charge in [-0.25, -0.2) is 0 Å². The Kier molecular flexibility index (Phi) is 7.24. The fourth-order valence-corrected chi connectivity index (χ4v) is 5.42. The highest BCUT2D eigenvalue weighted by Crippen LogP contribution is 2.39. The van der Waals surface area contributed by atoms with Crippen molar-refractivity contribution in [3.63, 3.8) is 0 Å². The molecular formula is C25H33NO3S. The number of aryl methyl sites for hydroxylation is 2. The fraction of sp³-hybridized carbons (Fsp3) is 0.520. The summed E-state index contributed by atoms with van der Waals surface area (Å²) < 4.78 is 14.0. The number of aliphatic hydroxyl groups excluding tert-OH is 1. The second-order valence-corrected chi connectivity index (χ2v) is 9.43. The Labute approximate surface area is 184 Å². The number of hydrogen-bond donors (Lipinski definition) is 1. The van der Waals surface area contributed by atoms with Crippen molar-refractivity contribution in [1.82, 2.24) is 0 Å². The van der Waals surface area contributed by atoms with Crippen molar-refractivity contribution in [2.75, 3.05) is 24.1 Å². The smallest absolute Gasteiger partial charge is 0.125 e. The molecule has 2 atom stereocenters. The summed E-state index contributed by atoms with van der Waals surface area (Å²) in [5, 5.41) is 9.79. The Morgan fingerprint density at radius 3 is 2.60 bits per heavy atom. The summed E-state index contributed by atoms with van der Waals surface area (Å²) in [4.78, 5) is 1.20. The van der Waals surface area contributed by atoms with Gasteiger partial charge in [-0.05, 0) is 92.4 Å². The van der Waals surface area contributed by atoms with Crippen LogP contribution in [-0.2, 0) is 17.6 Å². The van der Waals surface area contributed by atoms with Crippen LogP contribution in [0.25, 0.3) is 0 Å². The van der Waals surface area contributed by atoms with Crippen LogP contribution in [0.4, 0.5) is 5.69 Å². The molecule has 4 nitrogen and oxygen atoms in total. The first-order valence-electron chi connectivity index (χ1n) is 11.2. The second-order valence-electron chi connectivity index (χ2n) is 8.38. The van der Waals surface area contributed by atoms with Crippen molar-refractivity contribution in [3.8, 4) is 5.75 Å². The van der Waals surface area contributed by atoms with Crippen LogP contribution in [0.3, 0.4) is 0 Å². The number of aliphatic hydroxyl groups is 1. The van der Waals surface area contributed by atoms with Gasteiger partial charge in [-0.1, -0.05) is 19.1 Å². The summed E-state index contributed by atoms with van der Waals surface area (Å²) in [7, 11) is 0. The average molecular weight is 428 g/mol. The molecule has 1 N–H and O–H groups in total. The lowest BCUT2D eigenvalue weighted by Crippen LogP contribution is -2.34. The normalized spacial score (nSPS) is 20.6. The number of benzene rings is 2. The van der Waals surface area contributed by atoms with E-state index in [-0.39, 0.29) is 12.7 Å². The highest BCUT2D eigenvalue weighted by Gasteiger charge is 2.26. The second kappa shape index (κ2) is 10.1. The van der Waals surface area contributed by atoms with Crippen LogP contribution in [0.5, 0.6) is 5.75 Å². The molecule has 2 aromatic carbocycles. The van der Waals surface area contributed by atoms with Crippen LogP contribution in [0, 0.1) is 5.92 Å². The van der Waals surface area contributed by atoms with Gasteiger partial charge in [-0.2, -0.15) is 0 Å². The first-order chi connectivity index (χ1) is 14.7. The van der Waals surface area contributed by atoms with Gasteiger partial charge < -0.3 is 18.9 Å². The molecule has 1 fully saturated rings. The highest BCUT2D eigenvalue weighted by atomic mass is 32.2. The first-order valence-corrected chi connectivity index (χ1v) is 12.0. The van der Waals surface area contributed by atoms with Crippen LogP contribution in [0.15, 0.2) is 47.4 Å². The molecule has 0 bridgehead atoms. The topological polar surface area (TPSA) is 41.9 Å². The van der Waals surface area contributed by atoms with Gasteiger partial charge in [0.25, 0.3) is 0 Å². The Morgan fingerprint density at radius 2 is 1.90 bits per heavy atom. The average Bonchev–Trinajstić information content (AvgIpc) is 2.80. The number of ether oxygens (including phenoxy) is 2. The number of rotatable bonds is 7. The van der Waals surface area contributed by atoms with Crippen molar-refractivity contribution >= 4 is 17.6 Å². The molecule has 162 valence electrons. The van der Waals surface area contributed by atoms with Gasteiger partial charge in [0.1, 0.15) is 11.9 Å². The number of hydrogen-bond acceptors (Lipinski definition) is 5. The standard InChI is InChI=1S/C25H33NO3S/c1-3-19-5-11-24-21(16-19)6-4-18(2)26(24)30-23-9-7-22(8-10-23)29-25(17-27)20-12-14-28-15-13-20/h5,7-11,16,18,20,25,27H,3-4,6,12-15,17H2,1-2H3/t18-,25-/m1/s1. The van der Waals surface area contributed by atoms with E-state index in [4.69, 9.17) is 9.47 Å². The third-order valence-electron chi connectivity index (χ3n) is 6.31. The zero-order valence-electron chi connectivity index (χ0n) is 18.0. The predicted molar refractivity (Wildman–Crippen MR) is 123 cm³/mol. The predicted octanol–water partition coefficient (Wildman–Crippen LogP) is 5.26. The molecule has 2 aliphatic rings. The quantitative estimate of drug-likeness (QED) is 0.610. The summed E-state index contributed by atoms with van der Waals surface area (Å²) in [5.41, 5.74) is 4.22. The molecule has 0 unspecified atom stereocenters. The fourth-order valence-electron chi connectivity index (χ4n) is 4.37. The van der Waals surface area contributed by atoms with Crippen LogP contribution >= 0.6 is 11.9 Å². The number of nitrogens with zero attached hydrogens (tertiary/aromatic N) is 1. The zero-order chi connectivity index (χ0) is 20.9. The molecule has 2 aromatic rings. The molecule has 0 aromatic heterocycles. The summed E-state index contributed by atoms with van der Waals surface area (Å²) in [6.07, 6.45) is 5.16. The summed E-state index contributed by atoms with van der Waals surface area (Å²) in [5.74, 6) is 1.18. The van der Waals surface area contributed by atoms with E-state index < -0.39 is 0 Å². The lowest BCUT2D eigenvalue weighted by Gasteiger charge is -2.36. The maximum absolute atomic E-state index is 9.79. The van der Waals surface area contributed by atoms with E-state index in [9.17, 15) is 5.11 Å². The summed E-state index contributed by atoms with van der Waals surface area (Å²) >= 11 is 1.80. The van der Waals surface area contributed by atoms with E-state index in [0.717, 1.165) is 44.6 Å². The van der Waals surface area contributed by atoms with E-state index in [2.05, 4.69) is 48.5 Å². The van der Waals surface area contributed by atoms with Crippen molar-refractivity contribution in [2.24, 2.45) is 5.92 Å². The number of fused-ring (bicyclic) bond motifs is 1. The van der Waals surface area contributed by atoms with Crippen LogP contribution in [0.2, 0.25) is 0 Å². The van der Waals surface area contributed by atoms with Crippen molar-refractivity contribution in [1.29, 1.82) is 0 Å². The minimum absolute atomic E-state index is 0.0446. The van der Waals surface area contributed by atoms with Gasteiger partial charge in [0.2, 0.25) is 0 Å². The zero-order valence-corrected chi connectivity index (χ0v) is 18.9. The molecule has 4 rings (SSSR count). The van der Waals surface area contributed by atoms with Crippen molar-refractivity contribution in [2.45, 2.75) is 63.0 Å². The minimum Gasteiger partial charge on any atom is -0.488 e. The van der Waals surface area contributed by atoms with Gasteiger partial charge in [-0.3, -0.25) is 0 Å². The Morgan fingerprint density at radius 1 is 1.13 bits per heavy atom. The Balaban J connectivity index is 1.43. The van der Waals surface area contributed by atoms with Gasteiger partial charge in [0.15, 0.2) is 0 Å². The molecule has 0 radical (unpaired) electrons. The van der Waals surface area contributed by atoms with E-state index in [1.165, 1.54) is 28.1 Å². The molecule has 0 aliphatic carbocycles. The first kappa shape index (κ1) is 21.5.